The van der Waals surface area contributed by atoms with E-state index in [0.717, 1.165) is 67.7 Å². The summed E-state index contributed by atoms with van der Waals surface area (Å²) in [7, 11) is 0. The van der Waals surface area contributed by atoms with Gasteiger partial charge in [-0.05, 0) is 24.3 Å². The number of hydrogen-bond donors (Lipinski definition) is 0. The number of carbonyl (C=O) groups excluding carboxylic acids is 1. The van der Waals surface area contributed by atoms with Crippen LogP contribution >= 0.6 is 11.3 Å². The topological polar surface area (TPSA) is 50.1 Å². The number of amides is 1. The molecule has 0 spiro atoms. The van der Waals surface area contributed by atoms with Crippen LogP contribution in [0.25, 0.3) is 16.2 Å². The van der Waals surface area contributed by atoms with E-state index in [1.807, 2.05) is 24.9 Å². The van der Waals surface area contributed by atoms with Crippen molar-refractivity contribution in [1.29, 1.82) is 0 Å². The van der Waals surface area contributed by atoms with E-state index in [9.17, 15) is 9.18 Å². The van der Waals surface area contributed by atoms with E-state index in [1.165, 1.54) is 12.1 Å². The third-order valence-electron chi connectivity index (χ3n) is 5.66. The van der Waals surface area contributed by atoms with Crippen LogP contribution in [0.2, 0.25) is 0 Å². The highest BCUT2D eigenvalue weighted by molar-refractivity contribution is 7.15. The summed E-state index contributed by atoms with van der Waals surface area (Å²) in [5.74, 6) is -0.0830. The maximum Gasteiger partial charge on any atom is 0.225 e. The summed E-state index contributed by atoms with van der Waals surface area (Å²) in [5.41, 5.74) is 2.86. The summed E-state index contributed by atoms with van der Waals surface area (Å²) >= 11 is 1.59. The minimum absolute atomic E-state index is 0.0227. The number of ether oxygens (including phenoxy) is 1. The molecule has 31 heavy (non-hydrogen) atoms. The molecular weight excluding hydrogens is 415 g/mol. The zero-order valence-corrected chi connectivity index (χ0v) is 18.9. The molecule has 0 atom stereocenters. The first-order valence-corrected chi connectivity index (χ1v) is 11.7. The summed E-state index contributed by atoms with van der Waals surface area (Å²) in [6.07, 6.45) is 2.76. The van der Waals surface area contributed by atoms with Gasteiger partial charge in [-0.3, -0.25) is 14.1 Å². The van der Waals surface area contributed by atoms with Gasteiger partial charge in [-0.1, -0.05) is 13.8 Å². The lowest BCUT2D eigenvalue weighted by Crippen LogP contribution is -2.44. The highest BCUT2D eigenvalue weighted by Gasteiger charge is 2.20. The van der Waals surface area contributed by atoms with Gasteiger partial charge in [-0.2, -0.15) is 0 Å². The number of nitrogens with zero attached hydrogens (tertiary/aromatic N) is 4. The van der Waals surface area contributed by atoms with Crippen LogP contribution in [0.5, 0.6) is 0 Å². The Balaban J connectivity index is 1.44. The first-order valence-electron chi connectivity index (χ1n) is 10.8. The Morgan fingerprint density at radius 2 is 1.97 bits per heavy atom. The fraction of sp³-hybridized carbons (Fsp3) is 0.478. The Labute approximate surface area is 186 Å². The molecule has 2 aromatic heterocycles. The van der Waals surface area contributed by atoms with Gasteiger partial charge in [0.05, 0.1) is 18.9 Å². The molecule has 6 nitrogen and oxygen atoms in total. The fourth-order valence-electron chi connectivity index (χ4n) is 3.80. The molecule has 4 rings (SSSR count). The third-order valence-corrected chi connectivity index (χ3v) is 6.55. The Kier molecular flexibility index (Phi) is 6.99. The second kappa shape index (κ2) is 9.89. The molecule has 3 aromatic rings. The van der Waals surface area contributed by atoms with Crippen LogP contribution in [0, 0.1) is 11.7 Å². The fourth-order valence-corrected chi connectivity index (χ4v) is 4.71. The summed E-state index contributed by atoms with van der Waals surface area (Å²) in [4.78, 5) is 22.7. The van der Waals surface area contributed by atoms with Crippen LogP contribution in [0.15, 0.2) is 35.8 Å². The van der Waals surface area contributed by atoms with Crippen molar-refractivity contribution in [3.63, 3.8) is 0 Å². The molecule has 0 radical (unpaired) electrons. The number of hydrogen-bond acceptors (Lipinski definition) is 5. The molecule has 1 fully saturated rings. The molecule has 1 saturated heterocycles. The number of fused-ring (bicyclic) bond motifs is 1. The van der Waals surface area contributed by atoms with Crippen molar-refractivity contribution < 1.29 is 13.9 Å². The van der Waals surface area contributed by atoms with Crippen molar-refractivity contribution in [1.82, 2.24) is 19.2 Å². The van der Waals surface area contributed by atoms with E-state index >= 15 is 0 Å². The Morgan fingerprint density at radius 3 is 2.68 bits per heavy atom. The van der Waals surface area contributed by atoms with Gasteiger partial charge in [0, 0.05) is 67.9 Å². The molecule has 8 heteroatoms. The Bertz CT molecular complexity index is 1010. The van der Waals surface area contributed by atoms with E-state index in [0.29, 0.717) is 6.54 Å². The van der Waals surface area contributed by atoms with E-state index in [4.69, 9.17) is 4.74 Å². The summed E-state index contributed by atoms with van der Waals surface area (Å²) in [5, 5.41) is 2.11. The summed E-state index contributed by atoms with van der Waals surface area (Å²) in [6.45, 7) is 9.58. The molecule has 3 heterocycles. The number of halogens is 1. The number of imidazole rings is 1. The average molecular weight is 445 g/mol. The van der Waals surface area contributed by atoms with Gasteiger partial charge in [0.25, 0.3) is 0 Å². The van der Waals surface area contributed by atoms with Crippen molar-refractivity contribution in [3.8, 4) is 11.3 Å². The van der Waals surface area contributed by atoms with E-state index < -0.39 is 0 Å². The smallest absolute Gasteiger partial charge is 0.225 e. The van der Waals surface area contributed by atoms with Gasteiger partial charge in [0.1, 0.15) is 5.82 Å². The van der Waals surface area contributed by atoms with Crippen molar-refractivity contribution in [2.24, 2.45) is 5.92 Å². The number of morpholine rings is 1. The first-order chi connectivity index (χ1) is 15.0. The zero-order valence-electron chi connectivity index (χ0n) is 18.1. The third kappa shape index (κ3) is 5.31. The maximum atomic E-state index is 13.2. The van der Waals surface area contributed by atoms with Crippen molar-refractivity contribution in [2.45, 2.75) is 20.3 Å². The SMILES string of the molecule is CC(C)C(=O)N(CCc1csc2nc(-c3ccc(F)cc3)cn12)CCN1CCOCC1. The minimum Gasteiger partial charge on any atom is -0.379 e. The van der Waals surface area contributed by atoms with Crippen LogP contribution in [-0.4, -0.2) is 71.0 Å². The van der Waals surface area contributed by atoms with Crippen molar-refractivity contribution in [2.75, 3.05) is 45.9 Å². The van der Waals surface area contributed by atoms with Crippen LogP contribution in [0.4, 0.5) is 4.39 Å². The van der Waals surface area contributed by atoms with E-state index in [1.54, 1.807) is 23.5 Å². The monoisotopic (exact) mass is 444 g/mol. The van der Waals surface area contributed by atoms with E-state index in [-0.39, 0.29) is 17.6 Å². The highest BCUT2D eigenvalue weighted by Crippen LogP contribution is 2.24. The molecule has 1 aliphatic rings. The van der Waals surface area contributed by atoms with Crippen LogP contribution in [0.1, 0.15) is 19.5 Å². The second-order valence-electron chi connectivity index (χ2n) is 8.20. The standard InChI is InChI=1S/C23H29FN4O2S/c1-17(2)22(29)27(10-9-26-11-13-30-14-12-26)8-7-20-16-31-23-25-21(15-28(20)23)18-3-5-19(24)6-4-18/h3-6,15-17H,7-14H2,1-2H3. The van der Waals surface area contributed by atoms with Gasteiger partial charge < -0.3 is 9.64 Å². The second-order valence-corrected chi connectivity index (χ2v) is 9.03. The van der Waals surface area contributed by atoms with Gasteiger partial charge in [-0.15, -0.1) is 11.3 Å². The molecule has 0 aliphatic carbocycles. The molecule has 1 aromatic carbocycles. The largest absolute Gasteiger partial charge is 0.379 e. The lowest BCUT2D eigenvalue weighted by atomic mass is 10.1. The molecule has 166 valence electrons. The number of carbonyl (C=O) groups is 1. The number of rotatable bonds is 8. The normalized spacial score (nSPS) is 15.1. The molecule has 0 bridgehead atoms. The summed E-state index contributed by atoms with van der Waals surface area (Å²) < 4.78 is 20.7. The predicted octanol–water partition coefficient (Wildman–Crippen LogP) is 3.56. The lowest BCUT2D eigenvalue weighted by molar-refractivity contribution is -0.134. The van der Waals surface area contributed by atoms with Gasteiger partial charge in [-0.25, -0.2) is 9.37 Å². The molecule has 1 amide bonds. The highest BCUT2D eigenvalue weighted by atomic mass is 32.1. The number of benzene rings is 1. The minimum atomic E-state index is -0.252. The van der Waals surface area contributed by atoms with Gasteiger partial charge in [0.15, 0.2) is 4.96 Å². The first kappa shape index (κ1) is 21.9. The Morgan fingerprint density at radius 1 is 1.23 bits per heavy atom. The molecule has 0 saturated carbocycles. The number of thiazole rings is 1. The van der Waals surface area contributed by atoms with Crippen LogP contribution in [0.3, 0.4) is 0 Å². The molecular formula is C23H29FN4O2S. The Hall–Kier alpha value is -2.29. The molecule has 1 aliphatic heterocycles. The number of aromatic nitrogens is 2. The predicted molar refractivity (Wildman–Crippen MR) is 121 cm³/mol. The quantitative estimate of drug-likeness (QED) is 0.533. The molecule has 0 N–H and O–H groups in total. The van der Waals surface area contributed by atoms with Crippen LogP contribution in [-0.2, 0) is 16.0 Å². The zero-order chi connectivity index (χ0) is 21.8. The lowest BCUT2D eigenvalue weighted by Gasteiger charge is -2.31. The van der Waals surface area contributed by atoms with Crippen molar-refractivity contribution >= 4 is 22.2 Å². The van der Waals surface area contributed by atoms with Crippen molar-refractivity contribution in [3.05, 3.63) is 47.4 Å². The maximum absolute atomic E-state index is 13.2. The molecule has 0 unspecified atom stereocenters. The van der Waals surface area contributed by atoms with Gasteiger partial charge >= 0.3 is 0 Å². The average Bonchev–Trinajstić information content (AvgIpc) is 3.36. The van der Waals surface area contributed by atoms with E-state index in [2.05, 4.69) is 19.7 Å². The summed E-state index contributed by atoms with van der Waals surface area (Å²) in [6, 6.07) is 6.40. The van der Waals surface area contributed by atoms with Crippen LogP contribution < -0.4 is 0 Å². The van der Waals surface area contributed by atoms with Gasteiger partial charge in [0.2, 0.25) is 5.91 Å².